The predicted molar refractivity (Wildman–Crippen MR) is 116 cm³/mol. The number of anilines is 1. The third-order valence-corrected chi connectivity index (χ3v) is 4.78. The number of hydrogen-bond acceptors (Lipinski definition) is 7. The molecule has 3 aromatic rings. The van der Waals surface area contributed by atoms with E-state index >= 15 is 4.39 Å². The average molecular weight is 464 g/mol. The smallest absolute Gasteiger partial charge is 0.408 e. The summed E-state index contributed by atoms with van der Waals surface area (Å²) in [5.41, 5.74) is 0.736. The average Bonchev–Trinajstić information content (AvgIpc) is 2.77. The molecule has 1 aromatic carbocycles. The second kappa shape index (κ2) is 10.5. The summed E-state index contributed by atoms with van der Waals surface area (Å²) in [7, 11) is 1.82. The summed E-state index contributed by atoms with van der Waals surface area (Å²) in [5, 5.41) is 5.35. The van der Waals surface area contributed by atoms with Gasteiger partial charge in [-0.05, 0) is 46.0 Å². The molecule has 0 radical (unpaired) electrons. The van der Waals surface area contributed by atoms with E-state index in [0.29, 0.717) is 12.4 Å². The number of halogens is 4. The van der Waals surface area contributed by atoms with Crippen LogP contribution in [0.1, 0.15) is 19.0 Å². The van der Waals surface area contributed by atoms with Crippen LogP contribution >= 0.6 is 0 Å². The van der Waals surface area contributed by atoms with Crippen LogP contribution in [0.3, 0.4) is 0 Å². The Balaban J connectivity index is 2.03. The number of rotatable bonds is 9. The number of alkyl halides is 3. The van der Waals surface area contributed by atoms with Crippen LogP contribution in [0, 0.1) is 12.7 Å². The molecule has 0 amide bonds. The van der Waals surface area contributed by atoms with Gasteiger partial charge in [0.15, 0.2) is 5.82 Å². The molecule has 0 aliphatic carbocycles. The highest BCUT2D eigenvalue weighted by Crippen LogP contribution is 2.36. The van der Waals surface area contributed by atoms with Crippen molar-refractivity contribution in [3.05, 3.63) is 48.3 Å². The molecule has 0 aliphatic heterocycles. The Labute approximate surface area is 188 Å². The molecular weight excluding hydrogens is 440 g/mol. The van der Waals surface area contributed by atoms with Gasteiger partial charge in [-0.25, -0.2) is 19.3 Å². The van der Waals surface area contributed by atoms with Crippen molar-refractivity contribution in [3.63, 3.8) is 0 Å². The molecule has 2 aromatic heterocycles. The summed E-state index contributed by atoms with van der Waals surface area (Å²) in [6, 6.07) is 2.27. The third kappa shape index (κ3) is 6.13. The summed E-state index contributed by atoms with van der Waals surface area (Å²) in [6.45, 7) is 3.68. The van der Waals surface area contributed by atoms with Crippen LogP contribution in [0.5, 0.6) is 5.75 Å². The van der Waals surface area contributed by atoms with E-state index in [9.17, 15) is 13.2 Å². The van der Waals surface area contributed by atoms with Gasteiger partial charge in [0.25, 0.3) is 0 Å². The van der Waals surface area contributed by atoms with E-state index in [0.717, 1.165) is 19.9 Å². The predicted octanol–water partition coefficient (Wildman–Crippen LogP) is 4.40. The number of ether oxygens (including phenoxy) is 1. The standard InChI is InChI=1S/C22H24F4N6O/c1-13-19(16-6-5-15(11-17(16)23)33-10-4-7-27-3)21(31-14(2)22(24,25)26)32-20(30-13)18-12-28-8-9-29-18/h5-6,8-9,11-12,14,27H,4,7,10H2,1-3H3,(H,30,31,32)/t14-/m0/s1. The lowest BCUT2D eigenvalue weighted by Gasteiger charge is -2.21. The van der Waals surface area contributed by atoms with Crippen molar-refractivity contribution >= 4 is 5.82 Å². The molecule has 33 heavy (non-hydrogen) atoms. The zero-order valence-electron chi connectivity index (χ0n) is 18.4. The van der Waals surface area contributed by atoms with Crippen molar-refractivity contribution in [1.82, 2.24) is 25.3 Å². The van der Waals surface area contributed by atoms with Crippen molar-refractivity contribution in [2.24, 2.45) is 0 Å². The number of aryl methyl sites for hydroxylation is 1. The first-order valence-electron chi connectivity index (χ1n) is 10.3. The van der Waals surface area contributed by atoms with E-state index in [4.69, 9.17) is 4.74 Å². The molecule has 7 nitrogen and oxygen atoms in total. The van der Waals surface area contributed by atoms with Crippen LogP contribution in [-0.4, -0.2) is 52.4 Å². The van der Waals surface area contributed by atoms with Crippen LogP contribution < -0.4 is 15.4 Å². The van der Waals surface area contributed by atoms with E-state index in [1.54, 1.807) is 13.0 Å². The Morgan fingerprint density at radius 3 is 2.58 bits per heavy atom. The minimum Gasteiger partial charge on any atom is -0.493 e. The molecule has 0 spiro atoms. The summed E-state index contributed by atoms with van der Waals surface area (Å²) in [6.07, 6.45) is 0.467. The van der Waals surface area contributed by atoms with Crippen molar-refractivity contribution in [2.75, 3.05) is 25.5 Å². The first-order chi connectivity index (χ1) is 15.7. The van der Waals surface area contributed by atoms with Gasteiger partial charge in [-0.2, -0.15) is 13.2 Å². The Morgan fingerprint density at radius 1 is 1.15 bits per heavy atom. The van der Waals surface area contributed by atoms with Crippen LogP contribution in [-0.2, 0) is 0 Å². The van der Waals surface area contributed by atoms with Gasteiger partial charge >= 0.3 is 6.18 Å². The number of nitrogens with zero attached hydrogens (tertiary/aromatic N) is 4. The minimum atomic E-state index is -4.54. The van der Waals surface area contributed by atoms with Gasteiger partial charge in [0.2, 0.25) is 0 Å². The van der Waals surface area contributed by atoms with Crippen LogP contribution in [0.25, 0.3) is 22.6 Å². The molecule has 1 atom stereocenters. The molecule has 176 valence electrons. The summed E-state index contributed by atoms with van der Waals surface area (Å²) < 4.78 is 60.4. The van der Waals surface area contributed by atoms with Gasteiger partial charge in [0.1, 0.15) is 29.1 Å². The van der Waals surface area contributed by atoms with Crippen LogP contribution in [0.4, 0.5) is 23.4 Å². The van der Waals surface area contributed by atoms with Gasteiger partial charge in [0.05, 0.1) is 18.5 Å². The largest absolute Gasteiger partial charge is 0.493 e. The number of nitrogens with one attached hydrogen (secondary N) is 2. The molecule has 0 aliphatic rings. The Bertz CT molecular complexity index is 1080. The van der Waals surface area contributed by atoms with Crippen molar-refractivity contribution in [2.45, 2.75) is 32.5 Å². The monoisotopic (exact) mass is 464 g/mol. The fourth-order valence-corrected chi connectivity index (χ4v) is 3.04. The Kier molecular flexibility index (Phi) is 7.75. The quantitative estimate of drug-likeness (QED) is 0.359. The third-order valence-electron chi connectivity index (χ3n) is 4.78. The Morgan fingerprint density at radius 2 is 1.94 bits per heavy atom. The second-order valence-electron chi connectivity index (χ2n) is 7.30. The first-order valence-corrected chi connectivity index (χ1v) is 10.3. The lowest BCUT2D eigenvalue weighted by atomic mass is 10.0. The summed E-state index contributed by atoms with van der Waals surface area (Å²) >= 11 is 0. The van der Waals surface area contributed by atoms with Gasteiger partial charge in [-0.15, -0.1) is 0 Å². The van der Waals surface area contributed by atoms with E-state index in [-0.39, 0.29) is 34.2 Å². The van der Waals surface area contributed by atoms with Gasteiger partial charge < -0.3 is 15.4 Å². The number of hydrogen-bond donors (Lipinski definition) is 2. The highest BCUT2D eigenvalue weighted by atomic mass is 19.4. The molecule has 0 fully saturated rings. The first kappa shape index (κ1) is 24.3. The lowest BCUT2D eigenvalue weighted by molar-refractivity contribution is -0.138. The summed E-state index contributed by atoms with van der Waals surface area (Å²) in [5.74, 6) is -0.427. The maximum atomic E-state index is 15.0. The maximum Gasteiger partial charge on any atom is 0.408 e. The van der Waals surface area contributed by atoms with E-state index in [1.165, 1.54) is 30.7 Å². The molecule has 0 saturated heterocycles. The van der Waals surface area contributed by atoms with Gasteiger partial charge in [0, 0.05) is 29.6 Å². The SMILES string of the molecule is CNCCCOc1ccc(-c2c(C)nc(-c3cnccn3)nc2N[C@@H](C)C(F)(F)F)c(F)c1. The van der Waals surface area contributed by atoms with Crippen molar-refractivity contribution in [1.29, 1.82) is 0 Å². The molecule has 2 heterocycles. The van der Waals surface area contributed by atoms with E-state index in [2.05, 4.69) is 30.6 Å². The highest BCUT2D eigenvalue weighted by molar-refractivity contribution is 5.79. The number of benzene rings is 1. The highest BCUT2D eigenvalue weighted by Gasteiger charge is 2.37. The molecular formula is C22H24F4N6O. The molecule has 2 N–H and O–H groups in total. The maximum absolute atomic E-state index is 15.0. The van der Waals surface area contributed by atoms with Crippen molar-refractivity contribution < 1.29 is 22.3 Å². The zero-order chi connectivity index (χ0) is 24.0. The lowest BCUT2D eigenvalue weighted by Crippen LogP contribution is -2.33. The number of aromatic nitrogens is 4. The molecule has 11 heteroatoms. The normalized spacial score (nSPS) is 12.5. The minimum absolute atomic E-state index is 0.0534. The molecule has 3 rings (SSSR count). The second-order valence-corrected chi connectivity index (χ2v) is 7.30. The Hall–Kier alpha value is -3.34. The zero-order valence-corrected chi connectivity index (χ0v) is 18.4. The van der Waals surface area contributed by atoms with Crippen LogP contribution in [0.15, 0.2) is 36.8 Å². The van der Waals surface area contributed by atoms with Crippen LogP contribution in [0.2, 0.25) is 0 Å². The van der Waals surface area contributed by atoms with E-state index < -0.39 is 18.0 Å². The molecule has 0 saturated carbocycles. The fourth-order valence-electron chi connectivity index (χ4n) is 3.04. The van der Waals surface area contributed by atoms with E-state index in [1.807, 2.05) is 7.05 Å². The topological polar surface area (TPSA) is 84.8 Å². The molecule has 0 unspecified atom stereocenters. The molecule has 0 bridgehead atoms. The summed E-state index contributed by atoms with van der Waals surface area (Å²) in [4.78, 5) is 16.6. The fraction of sp³-hybridized carbons (Fsp3) is 0.364. The van der Waals surface area contributed by atoms with Gasteiger partial charge in [-0.3, -0.25) is 4.98 Å². The van der Waals surface area contributed by atoms with Gasteiger partial charge in [-0.1, -0.05) is 0 Å². The van der Waals surface area contributed by atoms with Crippen molar-refractivity contribution in [3.8, 4) is 28.4 Å².